The van der Waals surface area contributed by atoms with Gasteiger partial charge in [-0.1, -0.05) is 19.8 Å². The number of ketones is 1. The summed E-state index contributed by atoms with van der Waals surface area (Å²) in [4.78, 5) is 31.1. The molecule has 0 aliphatic rings. The number of hydrogen-bond donors (Lipinski definition) is 1. The Balaban J connectivity index is 0. The summed E-state index contributed by atoms with van der Waals surface area (Å²) in [5, 5.41) is 8.52. The molecular weight excluding hydrogens is 212 g/mol. The van der Waals surface area contributed by atoms with Gasteiger partial charge in [-0.25, -0.2) is 0 Å². The summed E-state index contributed by atoms with van der Waals surface area (Å²) in [6, 6.07) is 0. The molecule has 0 saturated heterocycles. The third kappa shape index (κ3) is 5.56. The third-order valence-corrected chi connectivity index (χ3v) is 1.60. The molecule has 1 N–H and O–H groups in total. The molecule has 0 spiro atoms. The van der Waals surface area contributed by atoms with Crippen LogP contribution in [0.15, 0.2) is 0 Å². The number of aliphatic carboxylic acids is 1. The van der Waals surface area contributed by atoms with Crippen molar-refractivity contribution in [1.29, 1.82) is 0 Å². The van der Waals surface area contributed by atoms with E-state index in [9.17, 15) is 14.4 Å². The zero-order chi connectivity index (χ0) is 9.56. The van der Waals surface area contributed by atoms with Gasteiger partial charge in [-0.2, -0.15) is 0 Å². The molecular formula is C8H12CrO4. The maximum atomic E-state index is 10.7. The summed E-state index contributed by atoms with van der Waals surface area (Å²) in [5.41, 5.74) is 0. The van der Waals surface area contributed by atoms with Crippen LogP contribution in [0.2, 0.25) is 0 Å². The first-order valence-corrected chi connectivity index (χ1v) is 3.85. The van der Waals surface area contributed by atoms with Crippen molar-refractivity contribution in [2.75, 3.05) is 0 Å². The van der Waals surface area contributed by atoms with Crippen LogP contribution in [0, 0.1) is 5.92 Å². The number of carbonyl (C=O) groups is 3. The van der Waals surface area contributed by atoms with E-state index in [0.29, 0.717) is 6.42 Å². The zero-order valence-electron chi connectivity index (χ0n) is 7.36. The molecule has 0 aromatic carbocycles. The summed E-state index contributed by atoms with van der Waals surface area (Å²) < 4.78 is 0. The molecule has 0 fully saturated rings. The van der Waals surface area contributed by atoms with E-state index in [4.69, 9.17) is 5.11 Å². The van der Waals surface area contributed by atoms with Gasteiger partial charge in [0.15, 0.2) is 6.29 Å². The topological polar surface area (TPSA) is 71.4 Å². The normalized spacial score (nSPS) is 11.2. The molecule has 0 amide bonds. The van der Waals surface area contributed by atoms with Gasteiger partial charge in [0.1, 0.15) is 5.92 Å². The molecule has 4 nitrogen and oxygen atoms in total. The predicted octanol–water partition coefficient (Wildman–Crippen LogP) is 0.643. The van der Waals surface area contributed by atoms with Gasteiger partial charge in [0.05, 0.1) is 0 Å². The minimum atomic E-state index is -1.21. The first-order valence-electron chi connectivity index (χ1n) is 3.85. The van der Waals surface area contributed by atoms with Crippen molar-refractivity contribution in [3.8, 4) is 0 Å². The maximum absolute atomic E-state index is 10.7. The molecule has 74 valence electrons. The van der Waals surface area contributed by atoms with Gasteiger partial charge in [-0.15, -0.1) is 0 Å². The molecule has 0 saturated carbocycles. The summed E-state index contributed by atoms with van der Waals surface area (Å²) in [6.45, 7) is 1.89. The number of unbranched alkanes of at least 4 members (excludes halogenated alkanes) is 1. The van der Waals surface area contributed by atoms with E-state index in [1.54, 1.807) is 0 Å². The van der Waals surface area contributed by atoms with Crippen LogP contribution < -0.4 is 0 Å². The molecule has 0 aromatic heterocycles. The molecule has 1 unspecified atom stereocenters. The Bertz CT molecular complexity index is 191. The van der Waals surface area contributed by atoms with Gasteiger partial charge in [-0.05, 0) is 6.42 Å². The van der Waals surface area contributed by atoms with Gasteiger partial charge < -0.3 is 5.11 Å². The van der Waals surface area contributed by atoms with Crippen LogP contribution >= 0.6 is 0 Å². The van der Waals surface area contributed by atoms with E-state index in [0.717, 1.165) is 6.42 Å². The molecule has 5 heteroatoms. The SMILES string of the molecule is CCCCC(C(=O)O)C(=O)C=O.[Cr]. The van der Waals surface area contributed by atoms with Gasteiger partial charge in [-0.3, -0.25) is 14.4 Å². The zero-order valence-corrected chi connectivity index (χ0v) is 8.63. The van der Waals surface area contributed by atoms with Crippen molar-refractivity contribution in [3.05, 3.63) is 0 Å². The average molecular weight is 224 g/mol. The fraction of sp³-hybridized carbons (Fsp3) is 0.625. The largest absolute Gasteiger partial charge is 0.481 e. The summed E-state index contributed by atoms with van der Waals surface area (Å²) >= 11 is 0. The Labute approximate surface area is 87.4 Å². The van der Waals surface area contributed by atoms with Gasteiger partial charge in [0.25, 0.3) is 0 Å². The second-order valence-corrected chi connectivity index (χ2v) is 2.55. The van der Waals surface area contributed by atoms with Crippen LogP contribution in [0.3, 0.4) is 0 Å². The van der Waals surface area contributed by atoms with Crippen LogP contribution in [0.5, 0.6) is 0 Å². The molecule has 0 aromatic rings. The second-order valence-electron chi connectivity index (χ2n) is 2.55. The van der Waals surface area contributed by atoms with Crippen LogP contribution in [-0.4, -0.2) is 23.1 Å². The number of hydrogen-bond acceptors (Lipinski definition) is 3. The Morgan fingerprint density at radius 2 is 2.00 bits per heavy atom. The van der Waals surface area contributed by atoms with Gasteiger partial charge >= 0.3 is 5.97 Å². The summed E-state index contributed by atoms with van der Waals surface area (Å²) in [6.07, 6.45) is 1.80. The average Bonchev–Trinajstić information content (AvgIpc) is 2.04. The minimum absolute atomic E-state index is 0. The minimum Gasteiger partial charge on any atom is -0.481 e. The monoisotopic (exact) mass is 224 g/mol. The summed E-state index contributed by atoms with van der Waals surface area (Å²) in [5.74, 6) is -3.18. The van der Waals surface area contributed by atoms with Crippen molar-refractivity contribution in [2.24, 2.45) is 5.92 Å². The number of carboxylic acids is 1. The number of rotatable bonds is 6. The van der Waals surface area contributed by atoms with Crippen LogP contribution in [0.1, 0.15) is 26.2 Å². The first kappa shape index (κ1) is 14.8. The number of Topliss-reactive ketones (excluding diaryl/α,β-unsaturated/α-hetero) is 1. The van der Waals surface area contributed by atoms with Gasteiger partial charge in [0.2, 0.25) is 5.78 Å². The molecule has 0 heterocycles. The van der Waals surface area contributed by atoms with E-state index >= 15 is 0 Å². The Hall–Kier alpha value is -0.658. The van der Waals surface area contributed by atoms with E-state index in [1.165, 1.54) is 0 Å². The molecule has 13 heavy (non-hydrogen) atoms. The van der Waals surface area contributed by atoms with Crippen molar-refractivity contribution in [1.82, 2.24) is 0 Å². The predicted molar refractivity (Wildman–Crippen MR) is 41.7 cm³/mol. The fourth-order valence-electron chi connectivity index (χ4n) is 0.878. The maximum Gasteiger partial charge on any atom is 0.314 e. The number of carboxylic acid groups (broad SMARTS) is 1. The molecule has 0 aliphatic heterocycles. The van der Waals surface area contributed by atoms with Crippen molar-refractivity contribution < 1.29 is 36.9 Å². The van der Waals surface area contributed by atoms with Crippen molar-refractivity contribution >= 4 is 18.0 Å². The van der Waals surface area contributed by atoms with E-state index in [-0.39, 0.29) is 30.1 Å². The third-order valence-electron chi connectivity index (χ3n) is 1.60. The van der Waals surface area contributed by atoms with E-state index < -0.39 is 17.7 Å². The standard InChI is InChI=1S/C8H12O4.Cr/c1-2-3-4-6(8(11)12)7(10)5-9;/h5-6H,2-4H2,1H3,(H,11,12);. The van der Waals surface area contributed by atoms with Crippen molar-refractivity contribution in [3.63, 3.8) is 0 Å². The van der Waals surface area contributed by atoms with E-state index in [2.05, 4.69) is 0 Å². The summed E-state index contributed by atoms with van der Waals surface area (Å²) in [7, 11) is 0. The fourth-order valence-corrected chi connectivity index (χ4v) is 0.878. The molecule has 0 radical (unpaired) electrons. The van der Waals surface area contributed by atoms with Crippen molar-refractivity contribution in [2.45, 2.75) is 26.2 Å². The first-order chi connectivity index (χ1) is 5.63. The smallest absolute Gasteiger partial charge is 0.314 e. The Kier molecular flexibility index (Phi) is 9.09. The molecule has 0 bridgehead atoms. The second kappa shape index (κ2) is 7.96. The number of carbonyl (C=O) groups excluding carboxylic acids is 2. The number of aldehydes is 1. The van der Waals surface area contributed by atoms with Crippen LogP contribution in [0.4, 0.5) is 0 Å². The molecule has 0 aliphatic carbocycles. The van der Waals surface area contributed by atoms with Gasteiger partial charge in [0, 0.05) is 17.4 Å². The Morgan fingerprint density at radius 3 is 2.31 bits per heavy atom. The Morgan fingerprint density at radius 1 is 1.46 bits per heavy atom. The quantitative estimate of drug-likeness (QED) is 0.408. The van der Waals surface area contributed by atoms with E-state index in [1.807, 2.05) is 6.92 Å². The van der Waals surface area contributed by atoms with Crippen LogP contribution in [0.25, 0.3) is 0 Å². The molecule has 0 rings (SSSR count). The molecule has 1 atom stereocenters. The van der Waals surface area contributed by atoms with Crippen LogP contribution in [-0.2, 0) is 31.7 Å².